The van der Waals surface area contributed by atoms with Gasteiger partial charge in [0.1, 0.15) is 5.50 Å². The summed E-state index contributed by atoms with van der Waals surface area (Å²) < 4.78 is 5.31. The topological polar surface area (TPSA) is 79.5 Å². The zero-order valence-corrected chi connectivity index (χ0v) is 17.3. The number of benzene rings is 1. The van der Waals surface area contributed by atoms with Crippen LogP contribution in [-0.2, 0) is 14.3 Å². The number of hydrogen-bond donors (Lipinski definition) is 3. The highest BCUT2D eigenvalue weighted by atomic mass is 32.2. The number of carbonyl (C=O) groups is 2. The Morgan fingerprint density at radius 2 is 1.96 bits per heavy atom. The van der Waals surface area contributed by atoms with Gasteiger partial charge in [0.2, 0.25) is 5.91 Å². The third-order valence-corrected chi connectivity index (χ3v) is 6.04. The van der Waals surface area contributed by atoms with Crippen molar-refractivity contribution in [2.75, 3.05) is 12.4 Å². The van der Waals surface area contributed by atoms with Crippen LogP contribution in [-0.4, -0.2) is 35.9 Å². The van der Waals surface area contributed by atoms with E-state index in [4.69, 9.17) is 4.74 Å². The molecule has 0 saturated carbocycles. The van der Waals surface area contributed by atoms with Gasteiger partial charge in [-0.25, -0.2) is 4.79 Å². The molecule has 0 bridgehead atoms. The fourth-order valence-electron chi connectivity index (χ4n) is 3.78. The normalized spacial score (nSPS) is 26.8. The number of fused-ring (bicyclic) bond motifs is 1. The van der Waals surface area contributed by atoms with Crippen LogP contribution in [0.2, 0.25) is 0 Å². The van der Waals surface area contributed by atoms with Crippen molar-refractivity contribution in [3.63, 3.8) is 0 Å². The predicted molar refractivity (Wildman–Crippen MR) is 111 cm³/mol. The minimum Gasteiger partial charge on any atom is -0.463 e. The van der Waals surface area contributed by atoms with E-state index in [-0.39, 0.29) is 36.1 Å². The number of aryl methyl sites for hydroxylation is 1. The van der Waals surface area contributed by atoms with Crippen LogP contribution in [0.4, 0.5) is 0 Å². The Morgan fingerprint density at radius 3 is 2.61 bits per heavy atom. The van der Waals surface area contributed by atoms with Crippen LogP contribution in [0.25, 0.3) is 0 Å². The van der Waals surface area contributed by atoms with Gasteiger partial charge in [0, 0.05) is 17.4 Å². The lowest BCUT2D eigenvalue weighted by molar-refractivity contribution is -0.139. The summed E-state index contributed by atoms with van der Waals surface area (Å²) in [6.07, 6.45) is 1.53. The predicted octanol–water partition coefficient (Wildman–Crippen LogP) is 2.38. The van der Waals surface area contributed by atoms with E-state index in [2.05, 4.69) is 22.5 Å². The standard InChI is InChI=1S/C21H27N3O3S/c1-5-11-28-21-23-18-17(19(25)24-21)16(14-9-7-12(3)8-10-14)15(13(4)22-18)20(26)27-6-2/h5,7-10,16-18,21-23H,1,6,11H2,2-4H3,(H,24,25). The molecule has 28 heavy (non-hydrogen) atoms. The number of hydrogen-bond acceptors (Lipinski definition) is 6. The van der Waals surface area contributed by atoms with Gasteiger partial charge in [-0.2, -0.15) is 0 Å². The molecule has 150 valence electrons. The summed E-state index contributed by atoms with van der Waals surface area (Å²) in [6.45, 7) is 9.67. The fourth-order valence-corrected chi connectivity index (χ4v) is 4.55. The Kier molecular flexibility index (Phi) is 6.46. The third kappa shape index (κ3) is 4.10. The SMILES string of the molecule is C=CCSC1NC(=O)C2C(NC(C)=C(C(=O)OCC)C2c2ccc(C)cc2)N1. The van der Waals surface area contributed by atoms with Crippen molar-refractivity contribution in [2.45, 2.75) is 38.4 Å². The van der Waals surface area contributed by atoms with Crippen LogP contribution >= 0.6 is 11.8 Å². The molecular formula is C21H27N3O3S. The molecule has 0 spiro atoms. The molecule has 2 aliphatic heterocycles. The smallest absolute Gasteiger partial charge is 0.336 e. The summed E-state index contributed by atoms with van der Waals surface area (Å²) in [5, 5.41) is 9.78. The molecule has 1 saturated heterocycles. The maximum absolute atomic E-state index is 13.1. The van der Waals surface area contributed by atoms with Crippen LogP contribution < -0.4 is 16.0 Å². The summed E-state index contributed by atoms with van der Waals surface area (Å²) in [5.41, 5.74) is 3.09. The average molecular weight is 402 g/mol. The number of thioether (sulfide) groups is 1. The first kappa shape index (κ1) is 20.5. The van der Waals surface area contributed by atoms with Gasteiger partial charge in [0.05, 0.1) is 24.3 Å². The summed E-state index contributed by atoms with van der Waals surface area (Å²) in [5.74, 6) is -0.597. The van der Waals surface area contributed by atoms with Crippen LogP contribution in [0.1, 0.15) is 30.9 Å². The second-order valence-electron chi connectivity index (χ2n) is 6.97. The molecule has 7 heteroatoms. The Balaban J connectivity index is 2.01. The van der Waals surface area contributed by atoms with E-state index in [1.54, 1.807) is 24.8 Å². The molecule has 3 N–H and O–H groups in total. The monoisotopic (exact) mass is 401 g/mol. The minimum atomic E-state index is -0.466. The molecule has 4 unspecified atom stereocenters. The van der Waals surface area contributed by atoms with Crippen molar-refractivity contribution < 1.29 is 14.3 Å². The first-order valence-corrected chi connectivity index (χ1v) is 10.5. The second-order valence-corrected chi connectivity index (χ2v) is 8.11. The van der Waals surface area contributed by atoms with Gasteiger partial charge in [-0.3, -0.25) is 10.1 Å². The van der Waals surface area contributed by atoms with Gasteiger partial charge in [0.15, 0.2) is 0 Å². The Bertz CT molecular complexity index is 791. The number of ether oxygens (including phenoxy) is 1. The number of allylic oxidation sites excluding steroid dienone is 1. The van der Waals surface area contributed by atoms with E-state index in [0.717, 1.165) is 22.6 Å². The largest absolute Gasteiger partial charge is 0.463 e. The van der Waals surface area contributed by atoms with Crippen molar-refractivity contribution in [1.29, 1.82) is 0 Å². The molecule has 3 rings (SSSR count). The first-order valence-electron chi connectivity index (χ1n) is 9.46. The van der Waals surface area contributed by atoms with Crippen molar-refractivity contribution in [2.24, 2.45) is 5.92 Å². The molecule has 1 fully saturated rings. The molecular weight excluding hydrogens is 374 g/mol. The van der Waals surface area contributed by atoms with Crippen LogP contribution in [0.5, 0.6) is 0 Å². The second kappa shape index (κ2) is 8.84. The Hall–Kier alpha value is -2.25. The molecule has 2 aliphatic rings. The van der Waals surface area contributed by atoms with E-state index in [1.165, 1.54) is 0 Å². The van der Waals surface area contributed by atoms with E-state index >= 15 is 0 Å². The van der Waals surface area contributed by atoms with Crippen molar-refractivity contribution in [3.05, 3.63) is 59.3 Å². The minimum absolute atomic E-state index is 0.0855. The Labute approximate surface area is 170 Å². The fraction of sp³-hybridized carbons (Fsp3) is 0.429. The molecule has 0 aliphatic carbocycles. The summed E-state index contributed by atoms with van der Waals surface area (Å²) in [4.78, 5) is 25.8. The molecule has 1 amide bonds. The van der Waals surface area contributed by atoms with Crippen LogP contribution in [0.15, 0.2) is 48.2 Å². The molecule has 2 heterocycles. The molecule has 0 aromatic heterocycles. The number of carbonyl (C=O) groups excluding carboxylic acids is 2. The number of amides is 1. The van der Waals surface area contributed by atoms with Gasteiger partial charge in [-0.1, -0.05) is 35.9 Å². The lowest BCUT2D eigenvalue weighted by atomic mass is 9.74. The van der Waals surface area contributed by atoms with Crippen molar-refractivity contribution >= 4 is 23.6 Å². The van der Waals surface area contributed by atoms with E-state index in [9.17, 15) is 9.59 Å². The van der Waals surface area contributed by atoms with Gasteiger partial charge in [0.25, 0.3) is 0 Å². The van der Waals surface area contributed by atoms with Crippen LogP contribution in [0.3, 0.4) is 0 Å². The number of esters is 1. The maximum Gasteiger partial charge on any atom is 0.336 e. The quantitative estimate of drug-likeness (QED) is 0.502. The zero-order valence-electron chi connectivity index (χ0n) is 16.5. The molecule has 1 aromatic rings. The summed E-state index contributed by atoms with van der Waals surface area (Å²) >= 11 is 1.56. The summed E-state index contributed by atoms with van der Waals surface area (Å²) in [6, 6.07) is 7.98. The van der Waals surface area contributed by atoms with Gasteiger partial charge in [-0.15, -0.1) is 18.3 Å². The van der Waals surface area contributed by atoms with Gasteiger partial charge < -0.3 is 15.4 Å². The van der Waals surface area contributed by atoms with Crippen LogP contribution in [0, 0.1) is 12.8 Å². The van der Waals surface area contributed by atoms with E-state index in [0.29, 0.717) is 5.57 Å². The number of rotatable bonds is 6. The third-order valence-electron chi connectivity index (χ3n) is 5.02. The zero-order chi connectivity index (χ0) is 20.3. The van der Waals surface area contributed by atoms with Crippen molar-refractivity contribution in [3.8, 4) is 0 Å². The summed E-state index contributed by atoms with van der Waals surface area (Å²) in [7, 11) is 0. The highest BCUT2D eigenvalue weighted by Gasteiger charge is 2.48. The lowest BCUT2D eigenvalue weighted by Crippen LogP contribution is -2.67. The molecule has 0 radical (unpaired) electrons. The molecule has 6 nitrogen and oxygen atoms in total. The highest BCUT2D eigenvalue weighted by molar-refractivity contribution is 7.99. The Morgan fingerprint density at radius 1 is 1.25 bits per heavy atom. The highest BCUT2D eigenvalue weighted by Crippen LogP contribution is 2.40. The lowest BCUT2D eigenvalue weighted by Gasteiger charge is -2.45. The maximum atomic E-state index is 13.1. The average Bonchev–Trinajstić information content (AvgIpc) is 2.66. The van der Waals surface area contributed by atoms with Crippen molar-refractivity contribution in [1.82, 2.24) is 16.0 Å². The molecule has 4 atom stereocenters. The van der Waals surface area contributed by atoms with E-state index in [1.807, 2.05) is 38.1 Å². The molecule has 1 aromatic carbocycles. The van der Waals surface area contributed by atoms with E-state index < -0.39 is 5.92 Å². The first-order chi connectivity index (χ1) is 13.5. The van der Waals surface area contributed by atoms with Gasteiger partial charge >= 0.3 is 5.97 Å². The van der Waals surface area contributed by atoms with Gasteiger partial charge in [-0.05, 0) is 26.3 Å². The number of nitrogens with one attached hydrogen (secondary N) is 3.